The topological polar surface area (TPSA) is 60.9 Å². The highest BCUT2D eigenvalue weighted by molar-refractivity contribution is 6.30. The van der Waals surface area contributed by atoms with Crippen LogP contribution in [0, 0.1) is 0 Å². The van der Waals surface area contributed by atoms with Gasteiger partial charge in [0, 0.05) is 23.8 Å². The predicted octanol–water partition coefficient (Wildman–Crippen LogP) is 2.37. The average molecular weight is 278 g/mol. The zero-order valence-corrected chi connectivity index (χ0v) is 11.5. The van der Waals surface area contributed by atoms with Crippen molar-refractivity contribution in [1.82, 2.24) is 9.55 Å². The standard InChI is InChI=1S/C14H16ClN3O/c1-10(14(16)19)18-9-8-17-13(18)7-4-11-2-5-12(15)6-3-11/h2-3,5-6,8-10H,4,7H2,1H3,(H2,16,19). The molecule has 5 heteroatoms. The molecule has 0 bridgehead atoms. The van der Waals surface area contributed by atoms with E-state index in [1.807, 2.05) is 28.8 Å². The fraction of sp³-hybridized carbons (Fsp3) is 0.286. The van der Waals surface area contributed by atoms with E-state index in [1.54, 1.807) is 19.3 Å². The Labute approximate surface area is 117 Å². The molecule has 0 spiro atoms. The second kappa shape index (κ2) is 5.89. The SMILES string of the molecule is CC(C(N)=O)n1ccnc1CCc1ccc(Cl)cc1. The Morgan fingerprint density at radius 3 is 2.68 bits per heavy atom. The highest BCUT2D eigenvalue weighted by Crippen LogP contribution is 2.14. The molecule has 0 aliphatic heterocycles. The van der Waals surface area contributed by atoms with Gasteiger partial charge in [-0.15, -0.1) is 0 Å². The van der Waals surface area contributed by atoms with Crippen molar-refractivity contribution in [2.75, 3.05) is 0 Å². The molecule has 0 radical (unpaired) electrons. The van der Waals surface area contributed by atoms with Crippen molar-refractivity contribution in [2.45, 2.75) is 25.8 Å². The summed E-state index contributed by atoms with van der Waals surface area (Å²) in [5.74, 6) is 0.506. The van der Waals surface area contributed by atoms with E-state index in [-0.39, 0.29) is 11.9 Å². The van der Waals surface area contributed by atoms with Crippen LogP contribution < -0.4 is 5.73 Å². The Hall–Kier alpha value is -1.81. The summed E-state index contributed by atoms with van der Waals surface area (Å²) in [4.78, 5) is 15.5. The quantitative estimate of drug-likeness (QED) is 0.912. The van der Waals surface area contributed by atoms with Crippen molar-refractivity contribution in [3.63, 3.8) is 0 Å². The van der Waals surface area contributed by atoms with Crippen molar-refractivity contribution in [3.05, 3.63) is 53.1 Å². The summed E-state index contributed by atoms with van der Waals surface area (Å²) in [6.45, 7) is 1.77. The van der Waals surface area contributed by atoms with E-state index in [0.29, 0.717) is 0 Å². The Morgan fingerprint density at radius 1 is 1.37 bits per heavy atom. The first-order valence-corrected chi connectivity index (χ1v) is 6.51. The minimum absolute atomic E-state index is 0.356. The molecular formula is C14H16ClN3O. The number of primary amides is 1. The summed E-state index contributed by atoms with van der Waals surface area (Å²) in [6.07, 6.45) is 5.08. The lowest BCUT2D eigenvalue weighted by atomic mass is 10.1. The van der Waals surface area contributed by atoms with Gasteiger partial charge in [-0.3, -0.25) is 4.79 Å². The van der Waals surface area contributed by atoms with Crippen molar-refractivity contribution in [1.29, 1.82) is 0 Å². The van der Waals surface area contributed by atoms with E-state index in [2.05, 4.69) is 4.98 Å². The van der Waals surface area contributed by atoms with E-state index in [1.165, 1.54) is 5.56 Å². The summed E-state index contributed by atoms with van der Waals surface area (Å²) < 4.78 is 1.82. The van der Waals surface area contributed by atoms with Gasteiger partial charge in [-0.2, -0.15) is 0 Å². The number of aromatic nitrogens is 2. The van der Waals surface area contributed by atoms with Gasteiger partial charge in [0.2, 0.25) is 5.91 Å². The molecule has 2 rings (SSSR count). The van der Waals surface area contributed by atoms with E-state index in [0.717, 1.165) is 23.7 Å². The smallest absolute Gasteiger partial charge is 0.240 e. The number of nitrogens with two attached hydrogens (primary N) is 1. The van der Waals surface area contributed by atoms with Crippen molar-refractivity contribution >= 4 is 17.5 Å². The Bertz CT molecular complexity index is 562. The predicted molar refractivity (Wildman–Crippen MR) is 75.0 cm³/mol. The van der Waals surface area contributed by atoms with Crippen LogP contribution in [0.4, 0.5) is 0 Å². The Balaban J connectivity index is 2.06. The van der Waals surface area contributed by atoms with Crippen LogP contribution in [0.2, 0.25) is 5.02 Å². The molecule has 1 aromatic carbocycles. The Morgan fingerprint density at radius 2 is 2.05 bits per heavy atom. The molecule has 0 saturated heterocycles. The van der Waals surface area contributed by atoms with Crippen LogP contribution in [0.3, 0.4) is 0 Å². The molecule has 2 N–H and O–H groups in total. The first kappa shape index (κ1) is 13.6. The lowest BCUT2D eigenvalue weighted by molar-refractivity contribution is -0.120. The third-order valence-corrected chi connectivity index (χ3v) is 3.38. The molecule has 0 saturated carbocycles. The maximum atomic E-state index is 11.2. The summed E-state index contributed by atoms with van der Waals surface area (Å²) in [7, 11) is 0. The highest BCUT2D eigenvalue weighted by atomic mass is 35.5. The summed E-state index contributed by atoms with van der Waals surface area (Å²) >= 11 is 5.85. The third kappa shape index (κ3) is 3.35. The van der Waals surface area contributed by atoms with E-state index in [9.17, 15) is 4.79 Å². The van der Waals surface area contributed by atoms with Gasteiger partial charge < -0.3 is 10.3 Å². The zero-order chi connectivity index (χ0) is 13.8. The molecule has 1 amide bonds. The molecule has 0 aliphatic rings. The number of rotatable bonds is 5. The molecule has 4 nitrogen and oxygen atoms in total. The molecular weight excluding hydrogens is 262 g/mol. The molecule has 1 heterocycles. The molecule has 1 unspecified atom stereocenters. The zero-order valence-electron chi connectivity index (χ0n) is 10.7. The van der Waals surface area contributed by atoms with Crippen LogP contribution >= 0.6 is 11.6 Å². The number of hydrogen-bond donors (Lipinski definition) is 1. The maximum absolute atomic E-state index is 11.2. The largest absolute Gasteiger partial charge is 0.368 e. The number of benzene rings is 1. The van der Waals surface area contributed by atoms with Crippen molar-refractivity contribution < 1.29 is 4.79 Å². The molecule has 19 heavy (non-hydrogen) atoms. The van der Waals surface area contributed by atoms with Crippen LogP contribution in [0.5, 0.6) is 0 Å². The van der Waals surface area contributed by atoms with Gasteiger partial charge in [0.25, 0.3) is 0 Å². The van der Waals surface area contributed by atoms with Gasteiger partial charge in [-0.05, 0) is 31.0 Å². The highest BCUT2D eigenvalue weighted by Gasteiger charge is 2.14. The number of carbonyl (C=O) groups excluding carboxylic acids is 1. The van der Waals surface area contributed by atoms with Gasteiger partial charge in [0.1, 0.15) is 11.9 Å². The number of imidazole rings is 1. The number of carbonyl (C=O) groups is 1. The summed E-state index contributed by atoms with van der Waals surface area (Å²) in [5.41, 5.74) is 6.50. The molecule has 0 aliphatic carbocycles. The van der Waals surface area contributed by atoms with Gasteiger partial charge in [-0.25, -0.2) is 4.98 Å². The molecule has 0 fully saturated rings. The van der Waals surface area contributed by atoms with Crippen molar-refractivity contribution in [2.24, 2.45) is 5.73 Å². The summed E-state index contributed by atoms with van der Waals surface area (Å²) in [6, 6.07) is 7.35. The molecule has 1 aromatic heterocycles. The minimum atomic E-state index is -0.372. The number of halogens is 1. The second-order valence-electron chi connectivity index (χ2n) is 4.46. The van der Waals surface area contributed by atoms with Crippen LogP contribution in [0.1, 0.15) is 24.4 Å². The van der Waals surface area contributed by atoms with Crippen LogP contribution in [0.25, 0.3) is 0 Å². The average Bonchev–Trinajstić information content (AvgIpc) is 2.85. The fourth-order valence-corrected chi connectivity index (χ4v) is 2.06. The summed E-state index contributed by atoms with van der Waals surface area (Å²) in [5, 5.41) is 0.729. The molecule has 100 valence electrons. The first-order chi connectivity index (χ1) is 9.08. The van der Waals surface area contributed by atoms with E-state index < -0.39 is 0 Å². The normalized spacial score (nSPS) is 12.3. The van der Waals surface area contributed by atoms with Gasteiger partial charge in [0.15, 0.2) is 0 Å². The molecule has 1 atom stereocenters. The lowest BCUT2D eigenvalue weighted by Gasteiger charge is -2.12. The van der Waals surface area contributed by atoms with E-state index >= 15 is 0 Å². The first-order valence-electron chi connectivity index (χ1n) is 6.13. The number of nitrogens with zero attached hydrogens (tertiary/aromatic N) is 2. The monoisotopic (exact) mass is 277 g/mol. The van der Waals surface area contributed by atoms with Gasteiger partial charge >= 0.3 is 0 Å². The third-order valence-electron chi connectivity index (χ3n) is 3.13. The Kier molecular flexibility index (Phi) is 4.22. The second-order valence-corrected chi connectivity index (χ2v) is 4.89. The van der Waals surface area contributed by atoms with Crippen LogP contribution in [0.15, 0.2) is 36.7 Å². The molecule has 2 aromatic rings. The number of hydrogen-bond acceptors (Lipinski definition) is 2. The number of amides is 1. The fourth-order valence-electron chi connectivity index (χ4n) is 1.93. The van der Waals surface area contributed by atoms with Crippen LogP contribution in [-0.4, -0.2) is 15.5 Å². The van der Waals surface area contributed by atoms with Gasteiger partial charge in [0.05, 0.1) is 0 Å². The van der Waals surface area contributed by atoms with Crippen LogP contribution in [-0.2, 0) is 17.6 Å². The lowest BCUT2D eigenvalue weighted by Crippen LogP contribution is -2.25. The number of aryl methyl sites for hydroxylation is 2. The minimum Gasteiger partial charge on any atom is -0.368 e. The van der Waals surface area contributed by atoms with Gasteiger partial charge in [-0.1, -0.05) is 23.7 Å². The van der Waals surface area contributed by atoms with Crippen molar-refractivity contribution in [3.8, 4) is 0 Å². The maximum Gasteiger partial charge on any atom is 0.240 e. The van der Waals surface area contributed by atoms with E-state index in [4.69, 9.17) is 17.3 Å².